The van der Waals surface area contributed by atoms with E-state index in [1.807, 2.05) is 13.8 Å². The lowest BCUT2D eigenvalue weighted by molar-refractivity contribution is -0.138. The van der Waals surface area contributed by atoms with Crippen molar-refractivity contribution in [2.24, 2.45) is 5.92 Å². The minimum absolute atomic E-state index is 0. The largest absolute Gasteiger partial charge is 0.472 e. The fraction of sp³-hybridized carbons (Fsp3) is 0.611. The molecule has 1 aromatic rings. The van der Waals surface area contributed by atoms with E-state index in [0.29, 0.717) is 24.9 Å². The van der Waals surface area contributed by atoms with Gasteiger partial charge in [-0.05, 0) is 24.8 Å². The second kappa shape index (κ2) is 10.8. The van der Waals surface area contributed by atoms with Crippen LogP contribution in [0.4, 0.5) is 0 Å². The fourth-order valence-corrected chi connectivity index (χ4v) is 3.37. The summed E-state index contributed by atoms with van der Waals surface area (Å²) in [7, 11) is 0. The molecule has 0 bridgehead atoms. The van der Waals surface area contributed by atoms with Crippen molar-refractivity contribution < 1.29 is 23.5 Å². The van der Waals surface area contributed by atoms with Crippen molar-refractivity contribution in [3.05, 3.63) is 24.2 Å². The summed E-state index contributed by atoms with van der Waals surface area (Å²) in [5, 5.41) is 2.78. The minimum Gasteiger partial charge on any atom is -0.472 e. The molecule has 0 radical (unpaired) electrons. The van der Waals surface area contributed by atoms with Crippen molar-refractivity contribution >= 4 is 44.6 Å². The third kappa shape index (κ3) is 5.52. The summed E-state index contributed by atoms with van der Waals surface area (Å²) in [5.74, 6) is -0.410. The number of hydrogen-bond donors (Lipinski definition) is 1. The number of fused-ring (bicyclic) bond motifs is 1. The number of furan rings is 1. The van der Waals surface area contributed by atoms with Gasteiger partial charge in [0.2, 0.25) is 5.91 Å². The van der Waals surface area contributed by atoms with E-state index < -0.39 is 12.1 Å². The number of rotatable bonds is 5. The number of hydrogen-bond acceptors (Lipinski definition) is 5. The second-order valence-electron chi connectivity index (χ2n) is 6.75. The SMILES string of the molecule is C.CC(C)C[C@H](NC(=O)c1ccoc1)C(=O)N1CC[C@H]2OCC(=O)[C@H]21.S.S. The zero-order valence-electron chi connectivity index (χ0n) is 14.9. The topological polar surface area (TPSA) is 88.8 Å². The highest BCUT2D eigenvalue weighted by molar-refractivity contribution is 7.59. The monoisotopic (exact) mass is 418 g/mol. The highest BCUT2D eigenvalue weighted by atomic mass is 32.1. The highest BCUT2D eigenvalue weighted by Crippen LogP contribution is 2.28. The van der Waals surface area contributed by atoms with Crippen molar-refractivity contribution in [2.75, 3.05) is 13.2 Å². The van der Waals surface area contributed by atoms with E-state index in [4.69, 9.17) is 9.15 Å². The molecule has 3 atom stereocenters. The predicted molar refractivity (Wildman–Crippen MR) is 112 cm³/mol. The number of likely N-dealkylation sites (tertiary alicyclic amines) is 1. The van der Waals surface area contributed by atoms with E-state index in [1.165, 1.54) is 12.5 Å². The van der Waals surface area contributed by atoms with Gasteiger partial charge in [0, 0.05) is 6.54 Å². The summed E-state index contributed by atoms with van der Waals surface area (Å²) in [6.45, 7) is 4.52. The van der Waals surface area contributed by atoms with Crippen LogP contribution >= 0.6 is 27.0 Å². The normalized spacial score (nSPS) is 21.6. The van der Waals surface area contributed by atoms with E-state index in [1.54, 1.807) is 11.0 Å². The Balaban J connectivity index is 0.00000225. The van der Waals surface area contributed by atoms with Gasteiger partial charge in [0.05, 0.1) is 17.9 Å². The number of ketones is 1. The summed E-state index contributed by atoms with van der Waals surface area (Å²) >= 11 is 0. The van der Waals surface area contributed by atoms with Gasteiger partial charge in [0.1, 0.15) is 25.0 Å². The van der Waals surface area contributed by atoms with Crippen LogP contribution in [-0.2, 0) is 14.3 Å². The van der Waals surface area contributed by atoms with Crippen molar-refractivity contribution in [3.63, 3.8) is 0 Å². The van der Waals surface area contributed by atoms with Crippen LogP contribution in [0.25, 0.3) is 0 Å². The Labute approximate surface area is 174 Å². The first kappa shape index (κ1) is 25.6. The van der Waals surface area contributed by atoms with Crippen LogP contribution in [0.3, 0.4) is 0 Å². The average Bonchev–Trinajstić information content (AvgIpc) is 3.24. The van der Waals surface area contributed by atoms with Gasteiger partial charge < -0.3 is 19.4 Å². The van der Waals surface area contributed by atoms with Gasteiger partial charge in [-0.2, -0.15) is 27.0 Å². The molecule has 3 rings (SSSR count). The Morgan fingerprint density at radius 3 is 2.63 bits per heavy atom. The summed E-state index contributed by atoms with van der Waals surface area (Å²) in [4.78, 5) is 38.8. The summed E-state index contributed by atoms with van der Waals surface area (Å²) in [6.07, 6.45) is 3.71. The maximum absolute atomic E-state index is 13.0. The summed E-state index contributed by atoms with van der Waals surface area (Å²) in [5.41, 5.74) is 0.371. The molecule has 1 aromatic heterocycles. The molecule has 154 valence electrons. The molecule has 0 unspecified atom stereocenters. The van der Waals surface area contributed by atoms with Gasteiger partial charge in [-0.3, -0.25) is 14.4 Å². The van der Waals surface area contributed by atoms with Crippen LogP contribution in [0.2, 0.25) is 0 Å². The molecule has 1 N–H and O–H groups in total. The number of amides is 2. The van der Waals surface area contributed by atoms with Crippen molar-refractivity contribution in [1.82, 2.24) is 10.2 Å². The molecule has 0 saturated carbocycles. The molecule has 27 heavy (non-hydrogen) atoms. The molecule has 2 aliphatic rings. The first-order valence-corrected chi connectivity index (χ1v) is 8.25. The average molecular weight is 419 g/mol. The first-order valence-electron chi connectivity index (χ1n) is 8.25. The van der Waals surface area contributed by atoms with Crippen molar-refractivity contribution in [2.45, 2.75) is 52.3 Å². The van der Waals surface area contributed by atoms with Gasteiger partial charge >= 0.3 is 0 Å². The molecule has 0 spiro atoms. The van der Waals surface area contributed by atoms with E-state index in [-0.39, 0.29) is 70.6 Å². The molecule has 7 nitrogen and oxygen atoms in total. The van der Waals surface area contributed by atoms with E-state index in [2.05, 4.69) is 5.32 Å². The molecule has 0 aliphatic carbocycles. The van der Waals surface area contributed by atoms with Crippen molar-refractivity contribution in [3.8, 4) is 0 Å². The molecular weight excluding hydrogens is 388 g/mol. The van der Waals surface area contributed by atoms with Gasteiger partial charge in [0.15, 0.2) is 5.78 Å². The lowest BCUT2D eigenvalue weighted by Gasteiger charge is -2.28. The summed E-state index contributed by atoms with van der Waals surface area (Å²) < 4.78 is 10.3. The quantitative estimate of drug-likeness (QED) is 0.788. The Morgan fingerprint density at radius 1 is 1.33 bits per heavy atom. The third-order valence-corrected chi connectivity index (χ3v) is 4.49. The smallest absolute Gasteiger partial charge is 0.255 e. The van der Waals surface area contributed by atoms with Crippen LogP contribution in [0.15, 0.2) is 23.0 Å². The Bertz CT molecular complexity index is 636. The van der Waals surface area contributed by atoms with Gasteiger partial charge in [-0.15, -0.1) is 0 Å². The number of nitrogens with one attached hydrogen (secondary N) is 1. The lowest BCUT2D eigenvalue weighted by Crippen LogP contribution is -2.52. The lowest BCUT2D eigenvalue weighted by atomic mass is 10.0. The predicted octanol–water partition coefficient (Wildman–Crippen LogP) is 1.85. The Kier molecular flexibility index (Phi) is 10.2. The molecule has 2 fully saturated rings. The summed E-state index contributed by atoms with van der Waals surface area (Å²) in [6, 6.07) is 0.379. The highest BCUT2D eigenvalue weighted by Gasteiger charge is 2.48. The Morgan fingerprint density at radius 2 is 2.04 bits per heavy atom. The molecule has 3 heterocycles. The molecule has 2 aliphatic heterocycles. The Hall–Kier alpha value is -1.45. The second-order valence-corrected chi connectivity index (χ2v) is 6.75. The number of carbonyl (C=O) groups is 3. The first-order chi connectivity index (χ1) is 11.5. The zero-order chi connectivity index (χ0) is 17.3. The van der Waals surface area contributed by atoms with E-state index in [0.717, 1.165) is 0 Å². The van der Waals surface area contributed by atoms with Crippen LogP contribution in [0.5, 0.6) is 0 Å². The van der Waals surface area contributed by atoms with Crippen LogP contribution in [0, 0.1) is 5.92 Å². The maximum atomic E-state index is 13.0. The number of Topliss-reactive ketones (excluding diaryl/α,β-unsaturated/α-hetero) is 1. The van der Waals surface area contributed by atoms with Crippen LogP contribution in [-0.4, -0.2) is 53.8 Å². The van der Waals surface area contributed by atoms with Crippen molar-refractivity contribution in [1.29, 1.82) is 0 Å². The van der Waals surface area contributed by atoms with E-state index >= 15 is 0 Å². The minimum atomic E-state index is -0.667. The van der Waals surface area contributed by atoms with E-state index in [9.17, 15) is 14.4 Å². The van der Waals surface area contributed by atoms with Gasteiger partial charge in [-0.25, -0.2) is 0 Å². The molecule has 2 saturated heterocycles. The van der Waals surface area contributed by atoms with Crippen LogP contribution in [0.1, 0.15) is 44.5 Å². The van der Waals surface area contributed by atoms with Gasteiger partial charge in [0.25, 0.3) is 5.91 Å². The standard InChI is InChI=1S/C17H22N2O5.CH4.2H2S/c1-10(2)7-12(18-16(21)11-4-6-23-8-11)17(22)19-5-3-14-15(19)13(20)9-24-14;;;/h4,6,8,10,12,14-15H,3,5,7,9H2,1-2H3,(H,18,21);1H4;2*1H2/t12-,14+,15+;;;/m0.../s1. The fourth-order valence-electron chi connectivity index (χ4n) is 3.37. The van der Waals surface area contributed by atoms with Gasteiger partial charge in [-0.1, -0.05) is 21.3 Å². The number of ether oxygens (including phenoxy) is 1. The zero-order valence-corrected chi connectivity index (χ0v) is 16.9. The maximum Gasteiger partial charge on any atom is 0.255 e. The number of nitrogens with zero attached hydrogens (tertiary/aromatic N) is 1. The molecule has 2 amide bonds. The number of carbonyl (C=O) groups excluding carboxylic acids is 3. The molecule has 0 aromatic carbocycles. The molecular formula is C18H30N2O5S2. The molecule has 9 heteroatoms. The van der Waals surface area contributed by atoms with Crippen LogP contribution < -0.4 is 5.32 Å². The third-order valence-electron chi connectivity index (χ3n) is 4.49.